The van der Waals surface area contributed by atoms with Gasteiger partial charge in [0.2, 0.25) is 0 Å². The molecule has 2 aromatic rings. The third kappa shape index (κ3) is 4.41. The molecule has 150 valence electrons. The number of furan rings is 1. The minimum absolute atomic E-state index is 0.00268. The quantitative estimate of drug-likeness (QED) is 0.710. The lowest BCUT2D eigenvalue weighted by Crippen LogP contribution is -2.43. The third-order valence-electron chi connectivity index (χ3n) is 5.56. The van der Waals surface area contributed by atoms with E-state index in [1.54, 1.807) is 17.0 Å². The van der Waals surface area contributed by atoms with Crippen molar-refractivity contribution in [1.82, 2.24) is 4.90 Å². The molecule has 28 heavy (non-hydrogen) atoms. The Morgan fingerprint density at radius 1 is 1.21 bits per heavy atom. The molecular formula is C21H25NO5S. The molecule has 3 atom stereocenters. The van der Waals surface area contributed by atoms with E-state index < -0.39 is 9.84 Å². The summed E-state index contributed by atoms with van der Waals surface area (Å²) in [7, 11) is -3.10. The molecule has 2 aliphatic rings. The van der Waals surface area contributed by atoms with Crippen molar-refractivity contribution in [3.8, 4) is 5.75 Å². The molecule has 0 radical (unpaired) electrons. The largest absolute Gasteiger partial charge is 0.484 e. The second-order valence-electron chi connectivity index (χ2n) is 7.80. The first-order valence-electron chi connectivity index (χ1n) is 9.67. The first-order chi connectivity index (χ1) is 13.4. The molecule has 2 heterocycles. The lowest BCUT2D eigenvalue weighted by Gasteiger charge is -2.27. The monoisotopic (exact) mass is 403 g/mol. The number of hydrogen-bond acceptors (Lipinski definition) is 5. The average Bonchev–Trinajstić information content (AvgIpc) is 3.06. The van der Waals surface area contributed by atoms with Gasteiger partial charge in [-0.3, -0.25) is 4.79 Å². The maximum Gasteiger partial charge on any atom is 0.261 e. The summed E-state index contributed by atoms with van der Waals surface area (Å²) in [5.41, 5.74) is 0. The van der Waals surface area contributed by atoms with Gasteiger partial charge in [-0.1, -0.05) is 25.1 Å². The van der Waals surface area contributed by atoms with Crippen molar-refractivity contribution in [2.24, 2.45) is 5.92 Å². The highest BCUT2D eigenvalue weighted by Crippen LogP contribution is 2.47. The zero-order valence-corrected chi connectivity index (χ0v) is 16.7. The summed E-state index contributed by atoms with van der Waals surface area (Å²) < 4.78 is 35.4. The van der Waals surface area contributed by atoms with Crippen molar-refractivity contribution in [3.63, 3.8) is 0 Å². The van der Waals surface area contributed by atoms with Crippen LogP contribution < -0.4 is 4.74 Å². The molecule has 0 N–H and O–H groups in total. The van der Waals surface area contributed by atoms with Crippen LogP contribution >= 0.6 is 0 Å². The van der Waals surface area contributed by atoms with Gasteiger partial charge in [0.1, 0.15) is 17.3 Å². The second kappa shape index (κ2) is 7.62. The number of ether oxygens (including phenoxy) is 1. The van der Waals surface area contributed by atoms with E-state index in [0.29, 0.717) is 29.8 Å². The highest BCUT2D eigenvalue weighted by molar-refractivity contribution is 7.91. The minimum atomic E-state index is -3.10. The summed E-state index contributed by atoms with van der Waals surface area (Å²) in [5.74, 6) is 3.23. The Morgan fingerprint density at radius 2 is 1.96 bits per heavy atom. The summed E-state index contributed by atoms with van der Waals surface area (Å²) >= 11 is 0. The summed E-state index contributed by atoms with van der Waals surface area (Å²) in [6.45, 7) is 2.32. The highest BCUT2D eigenvalue weighted by Gasteiger charge is 2.38. The van der Waals surface area contributed by atoms with Crippen molar-refractivity contribution in [1.29, 1.82) is 0 Å². The van der Waals surface area contributed by atoms with E-state index in [1.165, 1.54) is 0 Å². The predicted octanol–water partition coefficient (Wildman–Crippen LogP) is 3.00. The van der Waals surface area contributed by atoms with E-state index in [1.807, 2.05) is 30.3 Å². The molecule has 1 aromatic heterocycles. The fourth-order valence-corrected chi connectivity index (χ4v) is 5.48. The van der Waals surface area contributed by atoms with Gasteiger partial charge in [0, 0.05) is 12.0 Å². The van der Waals surface area contributed by atoms with E-state index in [-0.39, 0.29) is 36.6 Å². The molecule has 3 unspecified atom stereocenters. The molecule has 1 saturated carbocycles. The van der Waals surface area contributed by atoms with Crippen LogP contribution in [0.3, 0.4) is 0 Å². The number of para-hydroxylation sites is 1. The van der Waals surface area contributed by atoms with Gasteiger partial charge in [0.05, 0.1) is 18.1 Å². The highest BCUT2D eigenvalue weighted by atomic mass is 32.2. The van der Waals surface area contributed by atoms with Gasteiger partial charge in [0.25, 0.3) is 5.91 Å². The van der Waals surface area contributed by atoms with Crippen LogP contribution in [0.25, 0.3) is 0 Å². The normalized spacial score (nSPS) is 25.4. The standard InChI is InChI=1S/C21H25NO5S/c1-15-11-19(15)20-8-7-18(27-20)12-22(16-9-10-28(24,25)14-16)21(23)13-26-17-5-3-2-4-6-17/h2-8,15-16,19H,9-14H2,1H3. The smallest absolute Gasteiger partial charge is 0.261 e. The van der Waals surface area contributed by atoms with Crippen molar-refractivity contribution >= 4 is 15.7 Å². The van der Waals surface area contributed by atoms with Gasteiger partial charge in [-0.25, -0.2) is 8.42 Å². The lowest BCUT2D eigenvalue weighted by atomic mass is 10.2. The minimum Gasteiger partial charge on any atom is -0.484 e. The number of carbonyl (C=O) groups is 1. The van der Waals surface area contributed by atoms with Crippen molar-refractivity contribution < 1.29 is 22.4 Å². The predicted molar refractivity (Wildman–Crippen MR) is 105 cm³/mol. The van der Waals surface area contributed by atoms with Crippen LogP contribution in [0.5, 0.6) is 5.75 Å². The van der Waals surface area contributed by atoms with Crippen LogP contribution in [0.4, 0.5) is 0 Å². The number of sulfone groups is 1. The molecule has 6 nitrogen and oxygen atoms in total. The summed E-state index contributed by atoms with van der Waals surface area (Å²) in [6.07, 6.45) is 1.58. The second-order valence-corrected chi connectivity index (χ2v) is 10.0. The lowest BCUT2D eigenvalue weighted by molar-refractivity contribution is -0.136. The van der Waals surface area contributed by atoms with Gasteiger partial charge in [0.15, 0.2) is 16.4 Å². The average molecular weight is 404 g/mol. The SMILES string of the molecule is CC1CC1c1ccc(CN(C(=O)COc2ccccc2)C2CCS(=O)(=O)C2)o1. The number of amides is 1. The van der Waals surface area contributed by atoms with Crippen molar-refractivity contribution in [2.45, 2.75) is 38.3 Å². The number of benzene rings is 1. The Kier molecular flexibility index (Phi) is 5.19. The van der Waals surface area contributed by atoms with E-state index in [4.69, 9.17) is 9.15 Å². The van der Waals surface area contributed by atoms with Crippen molar-refractivity contribution in [3.05, 3.63) is 54.0 Å². The molecule has 0 bridgehead atoms. The molecule has 1 aliphatic carbocycles. The van der Waals surface area contributed by atoms with Crippen LogP contribution in [-0.2, 0) is 21.2 Å². The van der Waals surface area contributed by atoms with Gasteiger partial charge in [-0.05, 0) is 43.0 Å². The van der Waals surface area contributed by atoms with Crippen LogP contribution in [0, 0.1) is 5.92 Å². The van der Waals surface area contributed by atoms with Crippen LogP contribution in [-0.4, -0.2) is 43.4 Å². The Labute approximate surface area is 165 Å². The number of carbonyl (C=O) groups excluding carboxylic acids is 1. The Bertz CT molecular complexity index is 937. The Balaban J connectivity index is 1.46. The molecule has 0 spiro atoms. The Morgan fingerprint density at radius 3 is 2.61 bits per heavy atom. The van der Waals surface area contributed by atoms with Crippen LogP contribution in [0.2, 0.25) is 0 Å². The molecule has 1 aliphatic heterocycles. The molecule has 1 amide bonds. The van der Waals surface area contributed by atoms with Gasteiger partial charge >= 0.3 is 0 Å². The zero-order chi connectivity index (χ0) is 19.7. The van der Waals surface area contributed by atoms with Crippen LogP contribution in [0.1, 0.15) is 37.2 Å². The molecule has 2 fully saturated rings. The molecule has 1 aromatic carbocycles. The zero-order valence-electron chi connectivity index (χ0n) is 15.9. The Hall–Kier alpha value is -2.28. The van der Waals surface area contributed by atoms with Crippen LogP contribution in [0.15, 0.2) is 46.9 Å². The topological polar surface area (TPSA) is 76.8 Å². The van der Waals surface area contributed by atoms with Crippen molar-refractivity contribution in [2.75, 3.05) is 18.1 Å². The van der Waals surface area contributed by atoms with Gasteiger partial charge in [-0.2, -0.15) is 0 Å². The van der Waals surface area contributed by atoms with E-state index in [2.05, 4.69) is 6.92 Å². The first kappa shape index (κ1) is 19.1. The first-order valence-corrected chi connectivity index (χ1v) is 11.5. The number of rotatable bonds is 7. The summed E-state index contributed by atoms with van der Waals surface area (Å²) in [5, 5.41) is 0. The fraction of sp³-hybridized carbons (Fsp3) is 0.476. The number of nitrogens with zero attached hydrogens (tertiary/aromatic N) is 1. The van der Waals surface area contributed by atoms with Gasteiger partial charge in [-0.15, -0.1) is 0 Å². The van der Waals surface area contributed by atoms with E-state index in [0.717, 1.165) is 12.2 Å². The molecule has 4 rings (SSSR count). The molecule has 7 heteroatoms. The molecular weight excluding hydrogens is 378 g/mol. The summed E-state index contributed by atoms with van der Waals surface area (Å²) in [6, 6.07) is 12.6. The number of hydrogen-bond donors (Lipinski definition) is 0. The third-order valence-corrected chi connectivity index (χ3v) is 7.31. The maximum absolute atomic E-state index is 12.9. The molecule has 1 saturated heterocycles. The van der Waals surface area contributed by atoms with E-state index in [9.17, 15) is 13.2 Å². The van der Waals surface area contributed by atoms with E-state index >= 15 is 0 Å². The maximum atomic E-state index is 12.9. The summed E-state index contributed by atoms with van der Waals surface area (Å²) in [4.78, 5) is 14.5. The fourth-order valence-electron chi connectivity index (χ4n) is 3.75. The van der Waals surface area contributed by atoms with Gasteiger partial charge < -0.3 is 14.1 Å².